The van der Waals surface area contributed by atoms with E-state index in [1.807, 2.05) is 17.0 Å². The Morgan fingerprint density at radius 3 is 2.59 bits per heavy atom. The highest BCUT2D eigenvalue weighted by molar-refractivity contribution is 7.12. The van der Waals surface area contributed by atoms with Crippen molar-refractivity contribution >= 4 is 11.3 Å². The molecule has 2 nitrogen and oxygen atoms in total. The van der Waals surface area contributed by atoms with E-state index in [2.05, 4.69) is 12.2 Å². The molecule has 1 aromatic rings. The summed E-state index contributed by atoms with van der Waals surface area (Å²) in [4.78, 5) is 3.88. The van der Waals surface area contributed by atoms with E-state index in [0.717, 1.165) is 24.4 Å². The second kappa shape index (κ2) is 5.89. The Kier molecular flexibility index (Phi) is 4.48. The van der Waals surface area contributed by atoms with E-state index in [4.69, 9.17) is 0 Å². The van der Waals surface area contributed by atoms with Gasteiger partial charge in [0.1, 0.15) is 6.04 Å². The van der Waals surface area contributed by atoms with E-state index in [1.165, 1.54) is 16.2 Å². The van der Waals surface area contributed by atoms with Crippen molar-refractivity contribution in [1.82, 2.24) is 10.2 Å². The Hall–Kier alpha value is -0.520. The molecule has 0 bridgehead atoms. The van der Waals surface area contributed by atoms with Crippen molar-refractivity contribution < 1.29 is 8.78 Å². The van der Waals surface area contributed by atoms with Crippen LogP contribution in [0.2, 0.25) is 0 Å². The van der Waals surface area contributed by atoms with Gasteiger partial charge in [-0.05, 0) is 18.6 Å². The minimum atomic E-state index is -2.31. The molecule has 1 N–H and O–H groups in total. The maximum absolute atomic E-state index is 13.2. The molecule has 2 heterocycles. The minimum Gasteiger partial charge on any atom is -0.314 e. The van der Waals surface area contributed by atoms with Crippen LogP contribution in [0, 0.1) is 0 Å². The molecule has 0 aliphatic carbocycles. The van der Waals surface area contributed by atoms with Gasteiger partial charge in [-0.15, -0.1) is 11.3 Å². The first-order valence-electron chi connectivity index (χ1n) is 6.04. The predicted octanol–water partition coefficient (Wildman–Crippen LogP) is 2.52. The van der Waals surface area contributed by atoms with Crippen LogP contribution in [-0.4, -0.2) is 37.5 Å². The summed E-state index contributed by atoms with van der Waals surface area (Å²) in [5.41, 5.74) is 0. The average molecular weight is 260 g/mol. The maximum Gasteiger partial charge on any atom is 0.258 e. The molecule has 0 amide bonds. The first kappa shape index (κ1) is 12.9. The van der Waals surface area contributed by atoms with Gasteiger partial charge in [0.15, 0.2) is 0 Å². The second-order valence-corrected chi connectivity index (χ2v) is 5.42. The quantitative estimate of drug-likeness (QED) is 0.895. The molecule has 1 atom stereocenters. The smallest absolute Gasteiger partial charge is 0.258 e. The molecule has 1 aromatic heterocycles. The summed E-state index contributed by atoms with van der Waals surface area (Å²) in [5.74, 6) is 0. The fourth-order valence-electron chi connectivity index (χ4n) is 2.17. The molecular formula is C12H18F2N2S. The van der Waals surface area contributed by atoms with Gasteiger partial charge in [0.2, 0.25) is 0 Å². The predicted molar refractivity (Wildman–Crippen MR) is 66.9 cm³/mol. The lowest BCUT2D eigenvalue weighted by Gasteiger charge is -2.33. The van der Waals surface area contributed by atoms with Gasteiger partial charge in [0, 0.05) is 35.9 Å². The normalized spacial score (nSPS) is 19.8. The van der Waals surface area contributed by atoms with Crippen LogP contribution in [0.15, 0.2) is 12.1 Å². The van der Waals surface area contributed by atoms with Crippen LogP contribution in [0.5, 0.6) is 0 Å². The molecule has 0 saturated carbocycles. The number of piperazine rings is 1. The van der Waals surface area contributed by atoms with Crippen molar-refractivity contribution in [3.05, 3.63) is 21.9 Å². The second-order valence-electron chi connectivity index (χ2n) is 4.22. The Bertz CT molecular complexity index is 348. The van der Waals surface area contributed by atoms with E-state index in [9.17, 15) is 8.78 Å². The molecule has 0 radical (unpaired) electrons. The van der Waals surface area contributed by atoms with Crippen LogP contribution in [-0.2, 0) is 6.42 Å². The van der Waals surface area contributed by atoms with Crippen molar-refractivity contribution in [2.45, 2.75) is 25.8 Å². The fraction of sp³-hybridized carbons (Fsp3) is 0.667. The van der Waals surface area contributed by atoms with E-state index >= 15 is 0 Å². The van der Waals surface area contributed by atoms with Crippen molar-refractivity contribution in [1.29, 1.82) is 0 Å². The van der Waals surface area contributed by atoms with Crippen LogP contribution >= 0.6 is 11.3 Å². The standard InChI is InChI=1S/C12H18F2N2S/c1-2-9-3-4-10(17-9)11(12(13)14)16-7-5-15-6-8-16/h3-4,11-12,15H,2,5-8H2,1H3/t11-/m1/s1. The van der Waals surface area contributed by atoms with Crippen LogP contribution in [0.3, 0.4) is 0 Å². The SMILES string of the molecule is CCc1ccc([C@H](C(F)F)N2CCNCC2)s1. The summed E-state index contributed by atoms with van der Waals surface area (Å²) in [6, 6.07) is 3.11. The zero-order valence-corrected chi connectivity index (χ0v) is 10.8. The van der Waals surface area contributed by atoms with Crippen LogP contribution < -0.4 is 5.32 Å². The lowest BCUT2D eigenvalue weighted by atomic mass is 10.2. The first-order chi connectivity index (χ1) is 8.22. The average Bonchev–Trinajstić information content (AvgIpc) is 2.79. The van der Waals surface area contributed by atoms with Gasteiger partial charge in [-0.25, -0.2) is 8.78 Å². The third-order valence-electron chi connectivity index (χ3n) is 3.11. The van der Waals surface area contributed by atoms with E-state index in [-0.39, 0.29) is 0 Å². The summed E-state index contributed by atoms with van der Waals surface area (Å²) in [6.45, 7) is 5.06. The highest BCUT2D eigenvalue weighted by atomic mass is 32.1. The van der Waals surface area contributed by atoms with E-state index in [1.54, 1.807) is 0 Å². The Balaban J connectivity index is 2.15. The maximum atomic E-state index is 13.2. The number of alkyl halides is 2. The van der Waals surface area contributed by atoms with Crippen LogP contribution in [0.25, 0.3) is 0 Å². The van der Waals surface area contributed by atoms with Crippen molar-refractivity contribution in [3.63, 3.8) is 0 Å². The number of rotatable bonds is 4. The summed E-state index contributed by atoms with van der Waals surface area (Å²) in [7, 11) is 0. The van der Waals surface area contributed by atoms with Gasteiger partial charge in [-0.3, -0.25) is 4.90 Å². The highest BCUT2D eigenvalue weighted by Gasteiger charge is 2.31. The fourth-order valence-corrected chi connectivity index (χ4v) is 3.26. The van der Waals surface area contributed by atoms with Crippen molar-refractivity contribution in [2.75, 3.05) is 26.2 Å². The van der Waals surface area contributed by atoms with Gasteiger partial charge in [0.05, 0.1) is 0 Å². The molecule has 5 heteroatoms. The zero-order valence-electron chi connectivity index (χ0n) is 9.96. The van der Waals surface area contributed by atoms with Crippen molar-refractivity contribution in [2.24, 2.45) is 0 Å². The summed E-state index contributed by atoms with van der Waals surface area (Å²) in [6.07, 6.45) is -1.39. The molecule has 0 unspecified atom stereocenters. The number of nitrogens with one attached hydrogen (secondary N) is 1. The lowest BCUT2D eigenvalue weighted by molar-refractivity contribution is 0.0200. The third kappa shape index (κ3) is 3.03. The van der Waals surface area contributed by atoms with Gasteiger partial charge >= 0.3 is 0 Å². The van der Waals surface area contributed by atoms with Gasteiger partial charge in [-0.2, -0.15) is 0 Å². The molecule has 1 aliphatic rings. The molecular weight excluding hydrogens is 242 g/mol. The number of thiophene rings is 1. The summed E-state index contributed by atoms with van der Waals surface area (Å²) >= 11 is 1.52. The van der Waals surface area contributed by atoms with E-state index in [0.29, 0.717) is 13.1 Å². The molecule has 1 saturated heterocycles. The van der Waals surface area contributed by atoms with Gasteiger partial charge in [0.25, 0.3) is 6.43 Å². The Labute approximate surface area is 105 Å². The van der Waals surface area contributed by atoms with Crippen LogP contribution in [0.1, 0.15) is 22.7 Å². The molecule has 0 spiro atoms. The molecule has 2 rings (SSSR count). The third-order valence-corrected chi connectivity index (χ3v) is 4.41. The monoisotopic (exact) mass is 260 g/mol. The van der Waals surface area contributed by atoms with E-state index < -0.39 is 12.5 Å². The lowest BCUT2D eigenvalue weighted by Crippen LogP contribution is -2.46. The minimum absolute atomic E-state index is 0.703. The first-order valence-corrected chi connectivity index (χ1v) is 6.85. The number of hydrogen-bond acceptors (Lipinski definition) is 3. The van der Waals surface area contributed by atoms with Gasteiger partial charge < -0.3 is 5.32 Å². The van der Waals surface area contributed by atoms with Gasteiger partial charge in [-0.1, -0.05) is 6.92 Å². The molecule has 1 fully saturated rings. The number of nitrogens with zero attached hydrogens (tertiary/aromatic N) is 1. The molecule has 17 heavy (non-hydrogen) atoms. The molecule has 0 aromatic carbocycles. The number of aryl methyl sites for hydroxylation is 1. The highest BCUT2D eigenvalue weighted by Crippen LogP contribution is 2.33. The summed E-state index contributed by atoms with van der Waals surface area (Å²) < 4.78 is 26.5. The number of hydrogen-bond donors (Lipinski definition) is 1. The molecule has 96 valence electrons. The zero-order chi connectivity index (χ0) is 12.3. The molecule has 1 aliphatic heterocycles. The largest absolute Gasteiger partial charge is 0.314 e. The summed E-state index contributed by atoms with van der Waals surface area (Å²) in [5, 5.41) is 3.19. The van der Waals surface area contributed by atoms with Crippen LogP contribution in [0.4, 0.5) is 8.78 Å². The topological polar surface area (TPSA) is 15.3 Å². The Morgan fingerprint density at radius 2 is 2.06 bits per heavy atom. The number of halogens is 2. The van der Waals surface area contributed by atoms with Crippen molar-refractivity contribution in [3.8, 4) is 0 Å². The Morgan fingerprint density at radius 1 is 1.35 bits per heavy atom.